The number of hydrogen-bond acceptors (Lipinski definition) is 5. The summed E-state index contributed by atoms with van der Waals surface area (Å²) in [5.74, 6) is 0.953. The van der Waals surface area contributed by atoms with Crippen LogP contribution in [0.4, 0.5) is 5.13 Å². The number of ether oxygens (including phenoxy) is 1. The Bertz CT molecular complexity index is 602. The zero-order valence-electron chi connectivity index (χ0n) is 11.2. The lowest BCUT2D eigenvalue weighted by Crippen LogP contribution is -2.10. The summed E-state index contributed by atoms with van der Waals surface area (Å²) in [5.41, 5.74) is 1.19. The first-order valence-electron chi connectivity index (χ1n) is 6.77. The highest BCUT2D eigenvalue weighted by molar-refractivity contribution is 9.10. The predicted molar refractivity (Wildman–Crippen MR) is 84.5 cm³/mol. The Labute approximate surface area is 130 Å². The second kappa shape index (κ2) is 6.10. The van der Waals surface area contributed by atoms with Crippen molar-refractivity contribution in [2.24, 2.45) is 0 Å². The second-order valence-corrected chi connectivity index (χ2v) is 6.70. The van der Waals surface area contributed by atoms with Crippen LogP contribution in [0.25, 0.3) is 0 Å². The topological polar surface area (TPSA) is 47.0 Å². The van der Waals surface area contributed by atoms with E-state index in [1.807, 2.05) is 6.07 Å². The van der Waals surface area contributed by atoms with Gasteiger partial charge in [0.1, 0.15) is 10.8 Å². The maximum absolute atomic E-state index is 5.82. The Hall–Kier alpha value is -1.14. The summed E-state index contributed by atoms with van der Waals surface area (Å²) in [7, 11) is 0. The summed E-state index contributed by atoms with van der Waals surface area (Å²) >= 11 is 5.12. The van der Waals surface area contributed by atoms with Crippen molar-refractivity contribution in [3.8, 4) is 5.75 Å². The minimum absolute atomic E-state index is 0.234. The number of fused-ring (bicyclic) bond motifs is 1. The molecule has 106 valence electrons. The largest absolute Gasteiger partial charge is 0.493 e. The van der Waals surface area contributed by atoms with Crippen LogP contribution in [0.2, 0.25) is 0 Å². The van der Waals surface area contributed by atoms with Gasteiger partial charge in [-0.3, -0.25) is 0 Å². The van der Waals surface area contributed by atoms with Crippen molar-refractivity contribution in [2.75, 3.05) is 11.9 Å². The molecule has 1 aromatic carbocycles. The van der Waals surface area contributed by atoms with Gasteiger partial charge in [0.05, 0.1) is 12.6 Å². The molecule has 2 aromatic rings. The van der Waals surface area contributed by atoms with E-state index in [0.29, 0.717) is 0 Å². The molecule has 0 spiro atoms. The van der Waals surface area contributed by atoms with Crippen molar-refractivity contribution in [3.05, 3.63) is 33.2 Å². The van der Waals surface area contributed by atoms with E-state index in [1.54, 1.807) is 11.3 Å². The average molecular weight is 354 g/mol. The summed E-state index contributed by atoms with van der Waals surface area (Å²) in [6.07, 6.45) is 3.00. The molecule has 0 radical (unpaired) electrons. The molecule has 1 aliphatic rings. The molecule has 1 aliphatic heterocycles. The number of rotatable bonds is 3. The first kappa shape index (κ1) is 13.8. The van der Waals surface area contributed by atoms with Crippen LogP contribution in [-0.2, 0) is 6.42 Å². The zero-order valence-corrected chi connectivity index (χ0v) is 13.6. The molecule has 1 aromatic heterocycles. The van der Waals surface area contributed by atoms with Gasteiger partial charge in [-0.15, -0.1) is 10.2 Å². The molecule has 6 heteroatoms. The van der Waals surface area contributed by atoms with Crippen LogP contribution < -0.4 is 10.1 Å². The minimum atomic E-state index is 0.234. The standard InChI is InChI=1S/C14H16BrN3OS/c1-2-13-17-18-14(20-13)16-11-4-3-7-19-12-8-9(15)5-6-10(11)12/h5-6,8,11H,2-4,7H2,1H3,(H,16,18). The number of hydrogen-bond donors (Lipinski definition) is 1. The van der Waals surface area contributed by atoms with Crippen LogP contribution in [0.5, 0.6) is 5.75 Å². The van der Waals surface area contributed by atoms with Crippen LogP contribution >= 0.6 is 27.3 Å². The second-order valence-electron chi connectivity index (χ2n) is 4.72. The van der Waals surface area contributed by atoms with E-state index in [9.17, 15) is 0 Å². The lowest BCUT2D eigenvalue weighted by molar-refractivity contribution is 0.316. The number of aromatic nitrogens is 2. The van der Waals surface area contributed by atoms with Gasteiger partial charge in [0.25, 0.3) is 0 Å². The van der Waals surface area contributed by atoms with Gasteiger partial charge in [-0.1, -0.05) is 40.3 Å². The highest BCUT2D eigenvalue weighted by atomic mass is 79.9. The maximum Gasteiger partial charge on any atom is 0.206 e. The number of nitrogens with zero attached hydrogens (tertiary/aromatic N) is 2. The van der Waals surface area contributed by atoms with Crippen LogP contribution in [-0.4, -0.2) is 16.8 Å². The summed E-state index contributed by atoms with van der Waals surface area (Å²) in [4.78, 5) is 0. The molecule has 3 rings (SSSR count). The number of benzene rings is 1. The highest BCUT2D eigenvalue weighted by Gasteiger charge is 2.21. The van der Waals surface area contributed by atoms with Crippen LogP contribution in [0.1, 0.15) is 36.4 Å². The van der Waals surface area contributed by atoms with Gasteiger partial charge in [-0.05, 0) is 31.4 Å². The Morgan fingerprint density at radius 2 is 2.35 bits per heavy atom. The normalized spacial score (nSPS) is 18.0. The molecule has 1 unspecified atom stereocenters. The van der Waals surface area contributed by atoms with Gasteiger partial charge in [0.15, 0.2) is 0 Å². The van der Waals surface area contributed by atoms with Crippen molar-refractivity contribution in [3.63, 3.8) is 0 Å². The SMILES string of the molecule is CCc1nnc(NC2CCCOc3cc(Br)ccc32)s1. The van der Waals surface area contributed by atoms with E-state index >= 15 is 0 Å². The Morgan fingerprint density at radius 3 is 3.15 bits per heavy atom. The summed E-state index contributed by atoms with van der Waals surface area (Å²) in [5, 5.41) is 13.8. The average Bonchev–Trinajstić information content (AvgIpc) is 2.81. The fourth-order valence-electron chi connectivity index (χ4n) is 2.30. The Morgan fingerprint density at radius 1 is 1.45 bits per heavy atom. The third kappa shape index (κ3) is 2.96. The lowest BCUT2D eigenvalue weighted by atomic mass is 10.0. The van der Waals surface area contributed by atoms with Crippen molar-refractivity contribution < 1.29 is 4.74 Å². The van der Waals surface area contributed by atoms with Crippen molar-refractivity contribution >= 4 is 32.4 Å². The quantitative estimate of drug-likeness (QED) is 0.898. The van der Waals surface area contributed by atoms with Crippen molar-refractivity contribution in [2.45, 2.75) is 32.2 Å². The summed E-state index contributed by atoms with van der Waals surface area (Å²) in [6, 6.07) is 6.44. The van der Waals surface area contributed by atoms with E-state index in [2.05, 4.69) is 50.5 Å². The minimum Gasteiger partial charge on any atom is -0.493 e. The Kier molecular flexibility index (Phi) is 4.21. The first-order valence-corrected chi connectivity index (χ1v) is 8.38. The van der Waals surface area contributed by atoms with E-state index in [1.165, 1.54) is 5.56 Å². The molecule has 1 atom stereocenters. The van der Waals surface area contributed by atoms with Crippen LogP contribution in [0, 0.1) is 0 Å². The number of aryl methyl sites for hydroxylation is 1. The van der Waals surface area contributed by atoms with Gasteiger partial charge in [-0.2, -0.15) is 0 Å². The number of anilines is 1. The highest BCUT2D eigenvalue weighted by Crippen LogP contribution is 2.36. The molecule has 0 saturated heterocycles. The third-order valence-corrected chi connectivity index (χ3v) is 4.80. The van der Waals surface area contributed by atoms with Crippen LogP contribution in [0.15, 0.2) is 22.7 Å². The molecular weight excluding hydrogens is 338 g/mol. The van der Waals surface area contributed by atoms with E-state index < -0.39 is 0 Å². The van der Waals surface area contributed by atoms with Crippen molar-refractivity contribution in [1.82, 2.24) is 10.2 Å². The smallest absolute Gasteiger partial charge is 0.206 e. The maximum atomic E-state index is 5.82. The predicted octanol–water partition coefficient (Wildman–Crippen LogP) is 4.19. The fourth-order valence-corrected chi connectivity index (χ4v) is 3.37. The molecule has 2 heterocycles. The van der Waals surface area contributed by atoms with Gasteiger partial charge in [0.2, 0.25) is 5.13 Å². The molecular formula is C14H16BrN3OS. The monoisotopic (exact) mass is 353 g/mol. The van der Waals surface area contributed by atoms with E-state index in [0.717, 1.165) is 46.2 Å². The van der Waals surface area contributed by atoms with E-state index in [-0.39, 0.29) is 6.04 Å². The van der Waals surface area contributed by atoms with Gasteiger partial charge in [0, 0.05) is 10.0 Å². The zero-order chi connectivity index (χ0) is 13.9. The lowest BCUT2D eigenvalue weighted by Gasteiger charge is -2.17. The first-order chi connectivity index (χ1) is 9.76. The molecule has 0 saturated carbocycles. The summed E-state index contributed by atoms with van der Waals surface area (Å²) < 4.78 is 6.86. The van der Waals surface area contributed by atoms with E-state index in [4.69, 9.17) is 4.74 Å². The van der Waals surface area contributed by atoms with Crippen LogP contribution in [0.3, 0.4) is 0 Å². The molecule has 0 aliphatic carbocycles. The number of nitrogens with one attached hydrogen (secondary N) is 1. The third-order valence-electron chi connectivity index (χ3n) is 3.31. The molecule has 0 bridgehead atoms. The van der Waals surface area contributed by atoms with Gasteiger partial charge < -0.3 is 10.1 Å². The summed E-state index contributed by atoms with van der Waals surface area (Å²) in [6.45, 7) is 2.86. The van der Waals surface area contributed by atoms with Gasteiger partial charge in [-0.25, -0.2) is 0 Å². The molecule has 0 amide bonds. The molecule has 20 heavy (non-hydrogen) atoms. The van der Waals surface area contributed by atoms with Gasteiger partial charge >= 0.3 is 0 Å². The fraction of sp³-hybridized carbons (Fsp3) is 0.429. The van der Waals surface area contributed by atoms with Crippen molar-refractivity contribution in [1.29, 1.82) is 0 Å². The molecule has 4 nitrogen and oxygen atoms in total. The molecule has 0 fully saturated rings. The molecule has 1 N–H and O–H groups in total. The Balaban J connectivity index is 1.86. The number of halogens is 1.